The third-order valence-electron chi connectivity index (χ3n) is 5.41. The van der Waals surface area contributed by atoms with Crippen LogP contribution in [0.25, 0.3) is 23.3 Å². The molecule has 4 rings (SSSR count). The first kappa shape index (κ1) is 20.2. The van der Waals surface area contributed by atoms with Crippen LogP contribution >= 0.6 is 0 Å². The number of nitrogens with zero attached hydrogens (tertiary/aromatic N) is 4. The van der Waals surface area contributed by atoms with Crippen LogP contribution in [0.3, 0.4) is 0 Å². The van der Waals surface area contributed by atoms with Crippen LogP contribution in [-0.4, -0.2) is 38.5 Å². The van der Waals surface area contributed by atoms with Gasteiger partial charge in [0.15, 0.2) is 11.2 Å². The third kappa shape index (κ3) is 3.59. The average molecular weight is 410 g/mol. The Hall–Kier alpha value is -3.13. The normalized spacial score (nSPS) is 14.5. The minimum absolute atomic E-state index is 0.310. The quantitative estimate of drug-likeness (QED) is 0.596. The zero-order valence-electron chi connectivity index (χ0n) is 17.5. The van der Waals surface area contributed by atoms with Crippen molar-refractivity contribution in [1.82, 2.24) is 18.7 Å². The van der Waals surface area contributed by atoms with Gasteiger partial charge in [-0.2, -0.15) is 0 Å². The molecular weight excluding hydrogens is 384 g/mol. The van der Waals surface area contributed by atoms with Gasteiger partial charge in [-0.15, -0.1) is 0 Å². The lowest BCUT2D eigenvalue weighted by Crippen LogP contribution is -2.39. The lowest BCUT2D eigenvalue weighted by Gasteiger charge is -2.25. The van der Waals surface area contributed by atoms with Gasteiger partial charge >= 0.3 is 5.69 Å². The van der Waals surface area contributed by atoms with E-state index in [2.05, 4.69) is 4.98 Å². The molecule has 0 bridgehead atoms. The second kappa shape index (κ2) is 8.31. The fraction of sp³-hybridized carbons (Fsp3) is 0.409. The predicted molar refractivity (Wildman–Crippen MR) is 116 cm³/mol. The van der Waals surface area contributed by atoms with Crippen molar-refractivity contribution in [3.8, 4) is 5.75 Å². The van der Waals surface area contributed by atoms with Crippen LogP contribution in [-0.2, 0) is 24.9 Å². The van der Waals surface area contributed by atoms with Crippen LogP contribution in [0.15, 0.2) is 33.9 Å². The van der Waals surface area contributed by atoms with E-state index in [-0.39, 0.29) is 11.2 Å². The Kier molecular flexibility index (Phi) is 5.59. The Bertz CT molecular complexity index is 1200. The Morgan fingerprint density at radius 3 is 2.40 bits per heavy atom. The molecule has 0 radical (unpaired) electrons. The van der Waals surface area contributed by atoms with Crippen molar-refractivity contribution in [2.75, 3.05) is 19.8 Å². The molecule has 158 valence electrons. The maximum Gasteiger partial charge on any atom is 0.332 e. The maximum atomic E-state index is 12.8. The summed E-state index contributed by atoms with van der Waals surface area (Å²) in [6.45, 7) is 6.65. The molecule has 0 saturated carbocycles. The Balaban J connectivity index is 1.61. The van der Waals surface area contributed by atoms with Gasteiger partial charge in [0.1, 0.15) is 11.6 Å². The maximum absolute atomic E-state index is 12.8. The summed E-state index contributed by atoms with van der Waals surface area (Å²) in [4.78, 5) is 29.9. The largest absolute Gasteiger partial charge is 0.493 e. The van der Waals surface area contributed by atoms with E-state index in [1.807, 2.05) is 43.3 Å². The SMILES string of the molecule is CCn1c(=O)c2c(nc(/C=C/c3ccc(OCC4COC4)cc3)n2C)n(CC)c1=O. The van der Waals surface area contributed by atoms with Crippen molar-refractivity contribution in [1.29, 1.82) is 0 Å². The van der Waals surface area contributed by atoms with Gasteiger partial charge in [0.05, 0.1) is 19.8 Å². The Labute approximate surface area is 174 Å². The Morgan fingerprint density at radius 2 is 1.80 bits per heavy atom. The molecule has 30 heavy (non-hydrogen) atoms. The molecule has 2 aromatic heterocycles. The fourth-order valence-electron chi connectivity index (χ4n) is 3.53. The molecule has 1 fully saturated rings. The lowest BCUT2D eigenvalue weighted by molar-refractivity contribution is -0.0508. The fourth-order valence-corrected chi connectivity index (χ4v) is 3.53. The van der Waals surface area contributed by atoms with Gasteiger partial charge in [-0.1, -0.05) is 18.2 Å². The van der Waals surface area contributed by atoms with Crippen LogP contribution in [0.4, 0.5) is 0 Å². The van der Waals surface area contributed by atoms with Gasteiger partial charge < -0.3 is 14.0 Å². The number of imidazole rings is 1. The van der Waals surface area contributed by atoms with Crippen molar-refractivity contribution in [2.24, 2.45) is 13.0 Å². The number of fused-ring (bicyclic) bond motifs is 1. The zero-order valence-corrected chi connectivity index (χ0v) is 17.5. The topological polar surface area (TPSA) is 80.3 Å². The Morgan fingerprint density at radius 1 is 1.10 bits per heavy atom. The number of ether oxygens (including phenoxy) is 2. The highest BCUT2D eigenvalue weighted by molar-refractivity contribution is 5.76. The van der Waals surface area contributed by atoms with Gasteiger partial charge in [-0.05, 0) is 37.6 Å². The van der Waals surface area contributed by atoms with Crippen LogP contribution in [0.5, 0.6) is 5.75 Å². The predicted octanol–water partition coefficient (Wildman–Crippen LogP) is 2.13. The van der Waals surface area contributed by atoms with Crippen LogP contribution < -0.4 is 16.0 Å². The minimum Gasteiger partial charge on any atom is -0.493 e. The molecule has 1 aliphatic heterocycles. The van der Waals surface area contributed by atoms with Crippen LogP contribution in [0, 0.1) is 5.92 Å². The average Bonchev–Trinajstić information content (AvgIpc) is 3.03. The zero-order chi connectivity index (χ0) is 21.3. The highest BCUT2D eigenvalue weighted by Crippen LogP contribution is 2.18. The molecule has 1 aliphatic rings. The first-order chi connectivity index (χ1) is 14.5. The summed E-state index contributed by atoms with van der Waals surface area (Å²) >= 11 is 0. The molecule has 1 aromatic carbocycles. The van der Waals surface area contributed by atoms with Gasteiger partial charge in [0.25, 0.3) is 5.56 Å². The summed E-state index contributed by atoms with van der Waals surface area (Å²) < 4.78 is 15.4. The van der Waals surface area contributed by atoms with Crippen LogP contribution in [0.2, 0.25) is 0 Å². The molecule has 3 heterocycles. The number of hydrogen-bond donors (Lipinski definition) is 0. The van der Waals surface area contributed by atoms with E-state index in [0.717, 1.165) is 24.5 Å². The molecule has 0 amide bonds. The van der Waals surface area contributed by atoms with E-state index >= 15 is 0 Å². The first-order valence-electron chi connectivity index (χ1n) is 10.2. The molecule has 0 N–H and O–H groups in total. The molecule has 3 aromatic rings. The van der Waals surface area contributed by atoms with E-state index < -0.39 is 0 Å². The van der Waals surface area contributed by atoms with E-state index in [4.69, 9.17) is 9.47 Å². The summed E-state index contributed by atoms with van der Waals surface area (Å²) in [5, 5.41) is 0. The summed E-state index contributed by atoms with van der Waals surface area (Å²) in [5.41, 5.74) is 1.20. The van der Waals surface area contributed by atoms with Crippen molar-refractivity contribution in [2.45, 2.75) is 26.9 Å². The van der Waals surface area contributed by atoms with Crippen molar-refractivity contribution >= 4 is 23.3 Å². The van der Waals surface area contributed by atoms with Gasteiger partial charge in [-0.25, -0.2) is 9.78 Å². The van der Waals surface area contributed by atoms with Gasteiger partial charge in [-0.3, -0.25) is 13.9 Å². The molecular formula is C22H26N4O4. The van der Waals surface area contributed by atoms with E-state index in [1.165, 1.54) is 9.13 Å². The van der Waals surface area contributed by atoms with Crippen molar-refractivity contribution in [3.63, 3.8) is 0 Å². The molecule has 0 spiro atoms. The van der Waals surface area contributed by atoms with E-state index in [9.17, 15) is 9.59 Å². The number of benzene rings is 1. The van der Waals surface area contributed by atoms with E-state index in [1.54, 1.807) is 18.5 Å². The molecule has 0 atom stereocenters. The number of aryl methyl sites for hydroxylation is 2. The smallest absolute Gasteiger partial charge is 0.332 e. The van der Waals surface area contributed by atoms with Crippen molar-refractivity contribution in [3.05, 3.63) is 56.5 Å². The highest BCUT2D eigenvalue weighted by Gasteiger charge is 2.19. The molecule has 8 heteroatoms. The van der Waals surface area contributed by atoms with Crippen LogP contribution in [0.1, 0.15) is 25.2 Å². The summed E-state index contributed by atoms with van der Waals surface area (Å²) in [5.74, 6) is 1.93. The second-order valence-electron chi connectivity index (χ2n) is 7.39. The molecule has 0 aliphatic carbocycles. The monoisotopic (exact) mass is 410 g/mol. The third-order valence-corrected chi connectivity index (χ3v) is 5.41. The summed E-state index contributed by atoms with van der Waals surface area (Å²) in [6.07, 6.45) is 3.78. The van der Waals surface area contributed by atoms with Gasteiger partial charge in [0, 0.05) is 26.1 Å². The number of rotatable bonds is 7. The molecule has 8 nitrogen and oxygen atoms in total. The van der Waals surface area contributed by atoms with E-state index in [0.29, 0.717) is 42.6 Å². The van der Waals surface area contributed by atoms with Gasteiger partial charge in [0.2, 0.25) is 0 Å². The minimum atomic E-state index is -0.324. The van der Waals surface area contributed by atoms with Crippen molar-refractivity contribution < 1.29 is 9.47 Å². The standard InChI is InChI=1S/C22H26N4O4/c1-4-25-20-19(21(27)26(5-2)22(25)28)24(3)18(23-20)11-8-15-6-9-17(10-7-15)30-14-16-12-29-13-16/h6-11,16H,4-5,12-14H2,1-3H3/b11-8+. The molecule has 1 saturated heterocycles. The second-order valence-corrected chi connectivity index (χ2v) is 7.39. The molecule has 0 unspecified atom stereocenters. The highest BCUT2D eigenvalue weighted by atomic mass is 16.5. The number of hydrogen-bond acceptors (Lipinski definition) is 5. The summed E-state index contributed by atoms with van der Waals surface area (Å²) in [6, 6.07) is 7.81. The summed E-state index contributed by atoms with van der Waals surface area (Å²) in [7, 11) is 1.79. The number of aromatic nitrogens is 4. The first-order valence-corrected chi connectivity index (χ1v) is 10.2. The lowest BCUT2D eigenvalue weighted by atomic mass is 10.1.